The van der Waals surface area contributed by atoms with E-state index >= 15 is 0 Å². The van der Waals surface area contributed by atoms with Gasteiger partial charge >= 0.3 is 5.97 Å². The summed E-state index contributed by atoms with van der Waals surface area (Å²) in [4.78, 5) is 24.8. The normalized spacial score (nSPS) is 10.3. The van der Waals surface area contributed by atoms with E-state index in [0.717, 1.165) is 19.3 Å². The van der Waals surface area contributed by atoms with Gasteiger partial charge < -0.3 is 14.7 Å². The molecule has 0 bridgehead atoms. The number of anilines is 1. The number of aliphatic carboxylic acids is 1. The van der Waals surface area contributed by atoms with Gasteiger partial charge in [-0.25, -0.2) is 0 Å². The van der Waals surface area contributed by atoms with Crippen molar-refractivity contribution in [3.8, 4) is 5.75 Å². The first-order chi connectivity index (χ1) is 10.6. The fourth-order valence-electron chi connectivity index (χ4n) is 2.06. The van der Waals surface area contributed by atoms with E-state index in [0.29, 0.717) is 24.5 Å². The minimum atomic E-state index is -0.916. The van der Waals surface area contributed by atoms with Crippen LogP contribution < -0.4 is 9.64 Å². The van der Waals surface area contributed by atoms with Crippen LogP contribution in [-0.2, 0) is 9.59 Å². The first-order valence-electron chi connectivity index (χ1n) is 7.84. The van der Waals surface area contributed by atoms with Crippen LogP contribution >= 0.6 is 0 Å². The average molecular weight is 307 g/mol. The summed E-state index contributed by atoms with van der Waals surface area (Å²) >= 11 is 0. The highest BCUT2D eigenvalue weighted by molar-refractivity contribution is 5.95. The number of amides is 1. The second kappa shape index (κ2) is 9.82. The molecule has 0 aromatic heterocycles. The van der Waals surface area contributed by atoms with Crippen molar-refractivity contribution < 1.29 is 19.4 Å². The quantitative estimate of drug-likeness (QED) is 0.718. The van der Waals surface area contributed by atoms with Crippen LogP contribution in [0.25, 0.3) is 0 Å². The summed E-state index contributed by atoms with van der Waals surface area (Å²) < 4.78 is 5.69. The van der Waals surface area contributed by atoms with Crippen LogP contribution in [0.3, 0.4) is 0 Å². The van der Waals surface area contributed by atoms with Crippen molar-refractivity contribution in [2.75, 3.05) is 18.1 Å². The highest BCUT2D eigenvalue weighted by Gasteiger charge is 2.19. The molecule has 1 amide bonds. The van der Waals surface area contributed by atoms with Gasteiger partial charge in [-0.1, -0.05) is 32.4 Å². The van der Waals surface area contributed by atoms with Crippen LogP contribution in [0, 0.1) is 0 Å². The molecule has 0 aliphatic carbocycles. The predicted octanol–water partition coefficient (Wildman–Crippen LogP) is 3.47. The maximum Gasteiger partial charge on any atom is 0.305 e. The van der Waals surface area contributed by atoms with Crippen LogP contribution in [0.15, 0.2) is 24.3 Å². The van der Waals surface area contributed by atoms with Crippen molar-refractivity contribution in [3.63, 3.8) is 0 Å². The Morgan fingerprint density at radius 1 is 1.14 bits per heavy atom. The molecule has 0 atom stereocenters. The molecule has 5 heteroatoms. The van der Waals surface area contributed by atoms with E-state index in [9.17, 15) is 9.59 Å². The number of benzene rings is 1. The van der Waals surface area contributed by atoms with Crippen LogP contribution in [0.4, 0.5) is 5.69 Å². The third kappa shape index (κ3) is 5.76. The lowest BCUT2D eigenvalue weighted by Crippen LogP contribution is -2.33. The molecule has 122 valence electrons. The van der Waals surface area contributed by atoms with Crippen molar-refractivity contribution in [2.24, 2.45) is 0 Å². The number of para-hydroxylation sites is 2. The Morgan fingerprint density at radius 2 is 1.86 bits per heavy atom. The molecule has 1 aromatic carbocycles. The Kier molecular flexibility index (Phi) is 8.04. The van der Waals surface area contributed by atoms with Crippen LogP contribution in [0.5, 0.6) is 5.75 Å². The molecule has 0 heterocycles. The highest BCUT2D eigenvalue weighted by Crippen LogP contribution is 2.29. The lowest BCUT2D eigenvalue weighted by atomic mass is 10.2. The molecule has 0 saturated carbocycles. The standard InChI is InChI=1S/C17H25NO4/c1-3-5-10-16(19)18(12-11-17(20)21)14-8-6-7-9-15(14)22-13-4-2/h6-9H,3-5,10-13H2,1-2H3,(H,20,21). The van der Waals surface area contributed by atoms with Gasteiger partial charge in [-0.2, -0.15) is 0 Å². The summed E-state index contributed by atoms with van der Waals surface area (Å²) in [6.07, 6.45) is 2.92. The largest absolute Gasteiger partial charge is 0.491 e. The number of hydrogen-bond donors (Lipinski definition) is 1. The third-order valence-electron chi connectivity index (χ3n) is 3.21. The van der Waals surface area contributed by atoms with E-state index in [1.165, 1.54) is 4.90 Å². The maximum atomic E-state index is 12.4. The summed E-state index contributed by atoms with van der Waals surface area (Å²) in [5, 5.41) is 8.91. The Balaban J connectivity index is 2.98. The maximum absolute atomic E-state index is 12.4. The minimum Gasteiger partial charge on any atom is -0.491 e. The summed E-state index contributed by atoms with van der Waals surface area (Å²) in [5.41, 5.74) is 0.651. The van der Waals surface area contributed by atoms with Gasteiger partial charge in [0, 0.05) is 13.0 Å². The number of nitrogens with zero attached hydrogens (tertiary/aromatic N) is 1. The zero-order chi connectivity index (χ0) is 16.4. The molecule has 0 fully saturated rings. The van der Waals surface area contributed by atoms with Crippen LogP contribution in [-0.4, -0.2) is 30.1 Å². The van der Waals surface area contributed by atoms with Crippen LogP contribution in [0.1, 0.15) is 46.0 Å². The zero-order valence-electron chi connectivity index (χ0n) is 13.4. The monoisotopic (exact) mass is 307 g/mol. The number of hydrogen-bond acceptors (Lipinski definition) is 3. The second-order valence-corrected chi connectivity index (χ2v) is 5.11. The van der Waals surface area contributed by atoms with Gasteiger partial charge in [0.15, 0.2) is 0 Å². The lowest BCUT2D eigenvalue weighted by molar-refractivity contribution is -0.136. The van der Waals surface area contributed by atoms with E-state index in [-0.39, 0.29) is 18.9 Å². The first-order valence-corrected chi connectivity index (χ1v) is 7.84. The Morgan fingerprint density at radius 3 is 2.50 bits per heavy atom. The molecule has 5 nitrogen and oxygen atoms in total. The Labute approximate surface area is 131 Å². The summed E-state index contributed by atoms with van der Waals surface area (Å²) in [7, 11) is 0. The molecule has 0 aliphatic rings. The van der Waals surface area contributed by atoms with Gasteiger partial charge in [-0.3, -0.25) is 9.59 Å². The summed E-state index contributed by atoms with van der Waals surface area (Å²) in [5.74, 6) is -0.351. The number of unbranched alkanes of at least 4 members (excludes halogenated alkanes) is 1. The molecular weight excluding hydrogens is 282 g/mol. The summed E-state index contributed by atoms with van der Waals surface area (Å²) in [6.45, 7) is 4.75. The van der Waals surface area contributed by atoms with Gasteiger partial charge in [-0.05, 0) is 25.0 Å². The van der Waals surface area contributed by atoms with E-state index < -0.39 is 5.97 Å². The molecule has 1 aromatic rings. The number of carbonyl (C=O) groups excluding carboxylic acids is 1. The van der Waals surface area contributed by atoms with Crippen LogP contribution in [0.2, 0.25) is 0 Å². The Bertz CT molecular complexity index is 487. The van der Waals surface area contributed by atoms with Gasteiger partial charge in [0.2, 0.25) is 5.91 Å². The van der Waals surface area contributed by atoms with E-state index in [2.05, 4.69) is 0 Å². The van der Waals surface area contributed by atoms with Crippen molar-refractivity contribution in [3.05, 3.63) is 24.3 Å². The predicted molar refractivity (Wildman–Crippen MR) is 86.4 cm³/mol. The SMILES string of the molecule is CCCCC(=O)N(CCC(=O)O)c1ccccc1OCCC. The van der Waals surface area contributed by atoms with Crippen molar-refractivity contribution in [1.82, 2.24) is 0 Å². The summed E-state index contributed by atoms with van der Waals surface area (Å²) in [6, 6.07) is 7.29. The topological polar surface area (TPSA) is 66.8 Å². The van der Waals surface area contributed by atoms with Gasteiger partial charge in [0.1, 0.15) is 5.75 Å². The highest BCUT2D eigenvalue weighted by atomic mass is 16.5. The fraction of sp³-hybridized carbons (Fsp3) is 0.529. The smallest absolute Gasteiger partial charge is 0.305 e. The molecule has 1 N–H and O–H groups in total. The molecule has 0 saturated heterocycles. The van der Waals surface area contributed by atoms with Crippen molar-refractivity contribution in [2.45, 2.75) is 46.0 Å². The minimum absolute atomic E-state index is 0.0596. The molecule has 0 unspecified atom stereocenters. The van der Waals surface area contributed by atoms with Gasteiger partial charge in [-0.15, -0.1) is 0 Å². The van der Waals surface area contributed by atoms with Crippen molar-refractivity contribution >= 4 is 17.6 Å². The van der Waals surface area contributed by atoms with E-state index in [1.54, 1.807) is 6.07 Å². The Hall–Kier alpha value is -2.04. The fourth-order valence-corrected chi connectivity index (χ4v) is 2.06. The van der Waals surface area contributed by atoms with E-state index in [1.807, 2.05) is 32.0 Å². The van der Waals surface area contributed by atoms with E-state index in [4.69, 9.17) is 9.84 Å². The third-order valence-corrected chi connectivity index (χ3v) is 3.21. The average Bonchev–Trinajstić information content (AvgIpc) is 2.51. The molecule has 1 rings (SSSR count). The number of ether oxygens (including phenoxy) is 1. The lowest BCUT2D eigenvalue weighted by Gasteiger charge is -2.24. The van der Waals surface area contributed by atoms with Gasteiger partial charge in [0.25, 0.3) is 0 Å². The zero-order valence-corrected chi connectivity index (χ0v) is 13.4. The number of carbonyl (C=O) groups is 2. The molecule has 0 radical (unpaired) electrons. The molecular formula is C17H25NO4. The number of carboxylic acid groups (broad SMARTS) is 1. The first kappa shape index (κ1) is 18.0. The van der Waals surface area contributed by atoms with Crippen molar-refractivity contribution in [1.29, 1.82) is 0 Å². The molecule has 0 spiro atoms. The second-order valence-electron chi connectivity index (χ2n) is 5.11. The molecule has 0 aliphatic heterocycles. The number of rotatable bonds is 10. The molecule has 22 heavy (non-hydrogen) atoms. The van der Waals surface area contributed by atoms with Gasteiger partial charge in [0.05, 0.1) is 18.7 Å². The number of carboxylic acids is 1.